The molecule has 2 heterocycles. The van der Waals surface area contributed by atoms with Crippen molar-refractivity contribution in [2.45, 2.75) is 0 Å². The fourth-order valence-corrected chi connectivity index (χ4v) is 6.78. The zero-order valence-corrected chi connectivity index (χ0v) is 23.3. The van der Waals surface area contributed by atoms with E-state index in [1.807, 2.05) is 6.07 Å². The van der Waals surface area contributed by atoms with Crippen LogP contribution in [0, 0.1) is 0 Å². The van der Waals surface area contributed by atoms with E-state index in [1.165, 1.54) is 32.6 Å². The largest absolute Gasteiger partial charge is 0.456 e. The van der Waals surface area contributed by atoms with Gasteiger partial charge in [-0.15, -0.1) is 0 Å². The topological polar surface area (TPSA) is 21.3 Å². The minimum Gasteiger partial charge on any atom is -0.456 e. The third-order valence-electron chi connectivity index (χ3n) is 8.55. The van der Waals surface area contributed by atoms with E-state index in [0.717, 1.165) is 44.7 Å². The molecule has 0 amide bonds. The number of para-hydroxylation sites is 4. The van der Waals surface area contributed by atoms with Crippen LogP contribution in [0.1, 0.15) is 0 Å². The second-order valence-electron chi connectivity index (χ2n) is 10.9. The Morgan fingerprint density at radius 3 is 1.86 bits per heavy atom. The highest BCUT2D eigenvalue weighted by molar-refractivity contribution is 6.24. The van der Waals surface area contributed by atoms with Gasteiger partial charge in [0.2, 0.25) is 0 Å². The van der Waals surface area contributed by atoms with Gasteiger partial charge >= 0.3 is 0 Å². The normalized spacial score (nSPS) is 11.7. The number of furan rings is 1. The number of fused-ring (bicyclic) bond motifs is 8. The van der Waals surface area contributed by atoms with Crippen LogP contribution in [-0.2, 0) is 0 Å². The first-order valence-electron chi connectivity index (χ1n) is 14.6. The van der Waals surface area contributed by atoms with Crippen molar-refractivity contribution < 1.29 is 4.42 Å². The van der Waals surface area contributed by atoms with Crippen molar-refractivity contribution in [3.05, 3.63) is 158 Å². The van der Waals surface area contributed by atoms with Crippen LogP contribution in [0.3, 0.4) is 0 Å². The van der Waals surface area contributed by atoms with Crippen LogP contribution in [0.15, 0.2) is 162 Å². The molecule has 3 nitrogen and oxygen atoms in total. The van der Waals surface area contributed by atoms with Gasteiger partial charge in [0.1, 0.15) is 11.2 Å². The molecule has 0 saturated carbocycles. The molecule has 0 spiro atoms. The highest BCUT2D eigenvalue weighted by Gasteiger charge is 2.24. The maximum Gasteiger partial charge on any atom is 0.138 e. The van der Waals surface area contributed by atoms with Crippen LogP contribution >= 0.6 is 0 Å². The maximum atomic E-state index is 6.51. The third kappa shape index (κ3) is 3.55. The van der Waals surface area contributed by atoms with Crippen LogP contribution < -0.4 is 4.90 Å². The first-order valence-corrected chi connectivity index (χ1v) is 14.6. The lowest BCUT2D eigenvalue weighted by molar-refractivity contribution is 0.669. The Bertz CT molecular complexity index is 2450. The molecule has 0 aliphatic heterocycles. The highest BCUT2D eigenvalue weighted by Crippen LogP contribution is 2.47. The van der Waals surface area contributed by atoms with E-state index in [-0.39, 0.29) is 0 Å². The maximum absolute atomic E-state index is 6.51. The highest BCUT2D eigenvalue weighted by atomic mass is 16.3. The molecule has 0 N–H and O–H groups in total. The summed E-state index contributed by atoms with van der Waals surface area (Å²) >= 11 is 0. The van der Waals surface area contributed by atoms with Gasteiger partial charge in [-0.05, 0) is 53.9 Å². The standard InChI is InChI=1S/C40H26N2O/c1-3-14-27(15-4-1)41-33-22-11-9-20-31(33)40-34(41)23-13-24-35(40)42(28-16-5-2-6-17-28)36-26-38-39(30-19-8-7-18-29(30)36)32-21-10-12-25-37(32)43-38/h1-26H. The summed E-state index contributed by atoms with van der Waals surface area (Å²) in [6.07, 6.45) is 0. The molecular formula is C40H26N2O. The Kier molecular flexibility index (Phi) is 5.20. The molecule has 0 fully saturated rings. The first kappa shape index (κ1) is 23.9. The molecule has 0 radical (unpaired) electrons. The smallest absolute Gasteiger partial charge is 0.138 e. The molecule has 0 aliphatic rings. The Labute approximate surface area is 248 Å². The Balaban J connectivity index is 1.43. The van der Waals surface area contributed by atoms with Crippen molar-refractivity contribution in [3.63, 3.8) is 0 Å². The molecule has 0 atom stereocenters. The van der Waals surface area contributed by atoms with Crippen LogP contribution in [0.2, 0.25) is 0 Å². The Morgan fingerprint density at radius 2 is 1.05 bits per heavy atom. The summed E-state index contributed by atoms with van der Waals surface area (Å²) in [6, 6.07) is 55.9. The summed E-state index contributed by atoms with van der Waals surface area (Å²) < 4.78 is 8.88. The molecule has 202 valence electrons. The van der Waals surface area contributed by atoms with Crippen LogP contribution in [0.5, 0.6) is 0 Å². The quantitative estimate of drug-likeness (QED) is 0.217. The van der Waals surface area contributed by atoms with Gasteiger partial charge in [0.25, 0.3) is 0 Å². The summed E-state index contributed by atoms with van der Waals surface area (Å²) in [5.41, 5.74) is 8.57. The van der Waals surface area contributed by atoms with Gasteiger partial charge in [0, 0.05) is 44.4 Å². The predicted octanol–water partition coefficient (Wildman–Crippen LogP) is 11.3. The van der Waals surface area contributed by atoms with Crippen molar-refractivity contribution in [3.8, 4) is 5.69 Å². The van der Waals surface area contributed by atoms with Crippen molar-refractivity contribution in [2.24, 2.45) is 0 Å². The molecule has 43 heavy (non-hydrogen) atoms. The van der Waals surface area contributed by atoms with E-state index in [4.69, 9.17) is 4.42 Å². The van der Waals surface area contributed by atoms with Crippen molar-refractivity contribution in [2.75, 3.05) is 4.90 Å². The zero-order valence-electron chi connectivity index (χ0n) is 23.3. The van der Waals surface area contributed by atoms with Crippen LogP contribution in [0.4, 0.5) is 17.1 Å². The molecular weight excluding hydrogens is 524 g/mol. The molecule has 0 bridgehead atoms. The fraction of sp³-hybridized carbons (Fsp3) is 0. The summed E-state index contributed by atoms with van der Waals surface area (Å²) in [6.45, 7) is 0. The Hall–Kier alpha value is -5.80. The second kappa shape index (κ2) is 9.37. The summed E-state index contributed by atoms with van der Waals surface area (Å²) in [7, 11) is 0. The number of hydrogen-bond acceptors (Lipinski definition) is 2. The number of nitrogens with zero attached hydrogens (tertiary/aromatic N) is 2. The average Bonchev–Trinajstić information content (AvgIpc) is 3.62. The lowest BCUT2D eigenvalue weighted by atomic mass is 10.00. The fourth-order valence-electron chi connectivity index (χ4n) is 6.78. The summed E-state index contributed by atoms with van der Waals surface area (Å²) in [5.74, 6) is 0. The number of rotatable bonds is 4. The summed E-state index contributed by atoms with van der Waals surface area (Å²) in [5, 5.41) is 7.07. The monoisotopic (exact) mass is 550 g/mol. The minimum atomic E-state index is 0.884. The molecule has 9 rings (SSSR count). The number of anilines is 3. The molecule has 2 aromatic heterocycles. The van der Waals surface area contributed by atoms with Gasteiger partial charge in [-0.3, -0.25) is 0 Å². The predicted molar refractivity (Wildman–Crippen MR) is 180 cm³/mol. The third-order valence-corrected chi connectivity index (χ3v) is 8.55. The van der Waals surface area contributed by atoms with Crippen molar-refractivity contribution >= 4 is 71.6 Å². The van der Waals surface area contributed by atoms with Gasteiger partial charge in [-0.2, -0.15) is 0 Å². The van der Waals surface area contributed by atoms with Gasteiger partial charge in [-0.1, -0.05) is 103 Å². The molecule has 0 saturated heterocycles. The Morgan fingerprint density at radius 1 is 0.419 bits per heavy atom. The van der Waals surface area contributed by atoms with E-state index in [2.05, 4.69) is 161 Å². The van der Waals surface area contributed by atoms with Crippen molar-refractivity contribution in [1.82, 2.24) is 4.57 Å². The van der Waals surface area contributed by atoms with E-state index < -0.39 is 0 Å². The lowest BCUT2D eigenvalue weighted by Gasteiger charge is -2.28. The zero-order chi connectivity index (χ0) is 28.3. The number of aromatic nitrogens is 1. The van der Waals surface area contributed by atoms with Crippen LogP contribution in [-0.4, -0.2) is 4.57 Å². The van der Waals surface area contributed by atoms with E-state index in [0.29, 0.717) is 0 Å². The SMILES string of the molecule is c1ccc(N(c2cc3oc4ccccc4c3c3ccccc23)c2cccc3c2c2ccccc2n3-c2ccccc2)cc1. The van der Waals surface area contributed by atoms with E-state index >= 15 is 0 Å². The van der Waals surface area contributed by atoms with Crippen LogP contribution in [0.25, 0.3) is 60.2 Å². The lowest BCUT2D eigenvalue weighted by Crippen LogP contribution is -2.11. The molecule has 9 aromatic rings. The van der Waals surface area contributed by atoms with Gasteiger partial charge < -0.3 is 13.9 Å². The minimum absolute atomic E-state index is 0.884. The molecule has 7 aromatic carbocycles. The number of hydrogen-bond donors (Lipinski definition) is 0. The molecule has 3 heteroatoms. The average molecular weight is 551 g/mol. The first-order chi connectivity index (χ1) is 21.4. The second-order valence-corrected chi connectivity index (χ2v) is 10.9. The molecule has 0 unspecified atom stereocenters. The molecule has 0 aliphatic carbocycles. The number of benzene rings is 7. The van der Waals surface area contributed by atoms with E-state index in [1.54, 1.807) is 0 Å². The summed E-state index contributed by atoms with van der Waals surface area (Å²) in [4.78, 5) is 2.40. The van der Waals surface area contributed by atoms with E-state index in [9.17, 15) is 0 Å². The van der Waals surface area contributed by atoms with Gasteiger partial charge in [0.15, 0.2) is 0 Å². The van der Waals surface area contributed by atoms with Gasteiger partial charge in [0.05, 0.1) is 22.4 Å². The van der Waals surface area contributed by atoms with Crippen molar-refractivity contribution in [1.29, 1.82) is 0 Å². The van der Waals surface area contributed by atoms with Gasteiger partial charge in [-0.25, -0.2) is 0 Å².